The Hall–Kier alpha value is -2.61. The zero-order valence-corrected chi connectivity index (χ0v) is 17.0. The van der Waals surface area contributed by atoms with Gasteiger partial charge in [0.25, 0.3) is 5.70 Å². The Labute approximate surface area is 176 Å². The highest BCUT2D eigenvalue weighted by molar-refractivity contribution is 7.81. The first kappa shape index (κ1) is 18.7. The van der Waals surface area contributed by atoms with Crippen LogP contribution in [-0.2, 0) is 6.54 Å². The van der Waals surface area contributed by atoms with E-state index in [1.54, 1.807) is 16.7 Å². The van der Waals surface area contributed by atoms with Gasteiger partial charge in [0, 0.05) is 18.7 Å². The molecule has 0 fully saturated rings. The first-order valence-electron chi connectivity index (χ1n) is 8.44. The lowest BCUT2D eigenvalue weighted by atomic mass is 10.2. The summed E-state index contributed by atoms with van der Waals surface area (Å²) in [6.45, 7) is 0.713. The lowest BCUT2D eigenvalue weighted by Gasteiger charge is -2.10. The molecular weight excluding hydrogens is 416 g/mol. The molecule has 5 nitrogen and oxygen atoms in total. The van der Waals surface area contributed by atoms with Gasteiger partial charge in [-0.2, -0.15) is 4.57 Å². The third kappa shape index (κ3) is 3.96. The van der Waals surface area contributed by atoms with Crippen molar-refractivity contribution >= 4 is 51.6 Å². The van der Waals surface area contributed by atoms with Gasteiger partial charge in [-0.05, 0) is 29.8 Å². The zero-order valence-electron chi connectivity index (χ0n) is 14.6. The molecule has 2 N–H and O–H groups in total. The van der Waals surface area contributed by atoms with Crippen molar-refractivity contribution in [2.24, 2.45) is 0 Å². The van der Waals surface area contributed by atoms with Gasteiger partial charge in [-0.15, -0.1) is 11.3 Å². The van der Waals surface area contributed by atoms with E-state index in [1.807, 2.05) is 48.8 Å². The second-order valence-corrected chi connectivity index (χ2v) is 8.08. The molecule has 0 aliphatic carbocycles. The van der Waals surface area contributed by atoms with Crippen LogP contribution < -0.4 is 19.4 Å². The molecule has 0 spiro atoms. The van der Waals surface area contributed by atoms with Crippen molar-refractivity contribution in [1.82, 2.24) is 5.32 Å². The molecule has 2 aromatic heterocycles. The zero-order chi connectivity index (χ0) is 19.5. The van der Waals surface area contributed by atoms with Gasteiger partial charge >= 0.3 is 0 Å². The van der Waals surface area contributed by atoms with E-state index in [0.29, 0.717) is 26.4 Å². The van der Waals surface area contributed by atoms with Gasteiger partial charge in [0.2, 0.25) is 12.6 Å². The number of fused-ring (bicyclic) bond motifs is 1. The van der Waals surface area contributed by atoms with Crippen LogP contribution in [0.2, 0.25) is 4.34 Å². The van der Waals surface area contributed by atoms with Crippen LogP contribution in [0.1, 0.15) is 10.4 Å². The summed E-state index contributed by atoms with van der Waals surface area (Å²) in [4.78, 5) is 1.06. The summed E-state index contributed by atoms with van der Waals surface area (Å²) >= 11 is 12.9. The molecule has 0 atom stereocenters. The van der Waals surface area contributed by atoms with Gasteiger partial charge in [-0.3, -0.25) is 0 Å². The molecular formula is C20H16ClN2O3S2+. The minimum absolute atomic E-state index is 0.0660. The molecule has 4 rings (SSSR count). The highest BCUT2D eigenvalue weighted by Crippen LogP contribution is 2.32. The van der Waals surface area contributed by atoms with E-state index in [-0.39, 0.29) is 12.6 Å². The maximum atomic E-state index is 10.9. The van der Waals surface area contributed by atoms with E-state index >= 15 is 0 Å². The molecule has 0 saturated carbocycles. The lowest BCUT2D eigenvalue weighted by molar-refractivity contribution is -0.576. The highest BCUT2D eigenvalue weighted by Gasteiger charge is 2.24. The number of hydrogen-bond acceptors (Lipinski definition) is 5. The number of nitrogens with one attached hydrogen (secondary N) is 1. The average Bonchev–Trinajstić information content (AvgIpc) is 3.35. The monoisotopic (exact) mass is 431 g/mol. The summed E-state index contributed by atoms with van der Waals surface area (Å²) in [5.41, 5.74) is 1.47. The van der Waals surface area contributed by atoms with Crippen LogP contribution >= 0.6 is 35.2 Å². The number of nitrogens with zero attached hydrogens (tertiary/aromatic N) is 1. The van der Waals surface area contributed by atoms with Crippen LogP contribution in [0.4, 0.5) is 0 Å². The molecule has 3 heterocycles. The fourth-order valence-corrected chi connectivity index (χ4v) is 4.03. The predicted molar refractivity (Wildman–Crippen MR) is 114 cm³/mol. The molecule has 1 aliphatic heterocycles. The number of aromatic nitrogens is 1. The summed E-state index contributed by atoms with van der Waals surface area (Å²) in [7, 11) is 0. The normalized spacial score (nSPS) is 13.2. The number of rotatable bonds is 5. The predicted octanol–water partition coefficient (Wildman–Crippen LogP) is 4.42. The third-order valence-electron chi connectivity index (χ3n) is 4.11. The van der Waals surface area contributed by atoms with Gasteiger partial charge in [0.05, 0.1) is 9.21 Å². The topological polar surface area (TPSA) is 54.6 Å². The molecule has 0 radical (unpaired) electrons. The summed E-state index contributed by atoms with van der Waals surface area (Å²) in [6, 6.07) is 14.9. The number of aliphatic hydroxyl groups is 1. The third-order valence-corrected chi connectivity index (χ3v) is 5.69. The van der Waals surface area contributed by atoms with Crippen molar-refractivity contribution in [3.05, 3.63) is 75.7 Å². The van der Waals surface area contributed by atoms with Crippen molar-refractivity contribution in [2.45, 2.75) is 6.54 Å². The number of aliphatic hydroxyl groups excluding tert-OH is 1. The van der Waals surface area contributed by atoms with Crippen LogP contribution in [-0.4, -0.2) is 16.9 Å². The molecule has 1 aliphatic rings. The molecule has 1 aromatic carbocycles. The number of thiocarbonyl (C=S) groups is 1. The van der Waals surface area contributed by atoms with Crippen LogP contribution in [0, 0.1) is 0 Å². The molecule has 0 amide bonds. The fourth-order valence-electron chi connectivity index (χ4n) is 2.77. The molecule has 28 heavy (non-hydrogen) atoms. The quantitative estimate of drug-likeness (QED) is 0.271. The average molecular weight is 432 g/mol. The van der Waals surface area contributed by atoms with E-state index in [2.05, 4.69) is 5.32 Å². The van der Waals surface area contributed by atoms with E-state index in [4.69, 9.17) is 33.3 Å². The molecule has 3 aromatic rings. The maximum absolute atomic E-state index is 10.9. The minimum Gasteiger partial charge on any atom is -0.501 e. The van der Waals surface area contributed by atoms with E-state index in [0.717, 1.165) is 17.1 Å². The number of pyridine rings is 1. The number of halogens is 1. The molecule has 142 valence electrons. The second kappa shape index (κ2) is 8.18. The van der Waals surface area contributed by atoms with Crippen molar-refractivity contribution in [3.63, 3.8) is 0 Å². The lowest BCUT2D eigenvalue weighted by Crippen LogP contribution is -2.40. The van der Waals surface area contributed by atoms with Crippen LogP contribution in [0.5, 0.6) is 11.5 Å². The van der Waals surface area contributed by atoms with Gasteiger partial charge in [-0.25, -0.2) is 0 Å². The standard InChI is InChI=1S/C20H15ClN2O3S2/c21-17-7-6-16(28-17)19(24)18(23-8-2-1-3-9-23)20(27)22-11-13-4-5-14-15(10-13)26-12-25-14/h1-10H,11-12H2,(H-,22,24,27)/p+1. The summed E-state index contributed by atoms with van der Waals surface area (Å²) in [5, 5.41) is 14.1. The van der Waals surface area contributed by atoms with Crippen molar-refractivity contribution in [1.29, 1.82) is 0 Å². The number of ether oxygens (including phenoxy) is 2. The highest BCUT2D eigenvalue weighted by atomic mass is 35.5. The summed E-state index contributed by atoms with van der Waals surface area (Å²) in [5.74, 6) is 1.52. The number of hydrogen-bond donors (Lipinski definition) is 2. The van der Waals surface area contributed by atoms with Crippen molar-refractivity contribution in [2.75, 3.05) is 6.79 Å². The summed E-state index contributed by atoms with van der Waals surface area (Å²) < 4.78 is 13.1. The van der Waals surface area contributed by atoms with E-state index in [1.165, 1.54) is 11.3 Å². The number of benzene rings is 1. The van der Waals surface area contributed by atoms with Crippen LogP contribution in [0.25, 0.3) is 11.5 Å². The van der Waals surface area contributed by atoms with Gasteiger partial charge in [0.15, 0.2) is 28.9 Å². The second-order valence-electron chi connectivity index (χ2n) is 5.95. The molecule has 0 unspecified atom stereocenters. The van der Waals surface area contributed by atoms with Crippen molar-refractivity contribution in [3.8, 4) is 11.5 Å². The van der Waals surface area contributed by atoms with Crippen molar-refractivity contribution < 1.29 is 19.1 Å². The Morgan fingerprint density at radius 2 is 1.93 bits per heavy atom. The smallest absolute Gasteiger partial charge is 0.288 e. The fraction of sp³-hybridized carbons (Fsp3) is 0.100. The molecule has 8 heteroatoms. The van der Waals surface area contributed by atoms with Crippen LogP contribution in [0.15, 0.2) is 60.9 Å². The Balaban J connectivity index is 1.60. The van der Waals surface area contributed by atoms with Crippen LogP contribution in [0.3, 0.4) is 0 Å². The molecule has 0 bridgehead atoms. The van der Waals surface area contributed by atoms with Gasteiger partial charge in [0.1, 0.15) is 0 Å². The maximum Gasteiger partial charge on any atom is 0.288 e. The van der Waals surface area contributed by atoms with Gasteiger partial charge in [-0.1, -0.05) is 36.0 Å². The Morgan fingerprint density at radius 1 is 1.14 bits per heavy atom. The Kier molecular flexibility index (Phi) is 5.47. The first-order valence-corrected chi connectivity index (χ1v) is 10.0. The number of thiophene rings is 1. The minimum atomic E-state index is 0.0660. The summed E-state index contributed by atoms with van der Waals surface area (Å²) in [6.07, 6.45) is 3.66. The van der Waals surface area contributed by atoms with E-state index in [9.17, 15) is 5.11 Å². The SMILES string of the molecule is OC(=C(C(=S)NCc1ccc2c(c1)OCO2)[n+]1ccccc1)c1ccc(Cl)s1. The largest absolute Gasteiger partial charge is 0.501 e. The van der Waals surface area contributed by atoms with E-state index < -0.39 is 0 Å². The molecule has 0 saturated heterocycles. The Bertz CT molecular complexity index is 1050. The first-order chi connectivity index (χ1) is 13.6. The van der Waals surface area contributed by atoms with Gasteiger partial charge < -0.3 is 19.9 Å². The Morgan fingerprint density at radius 3 is 2.68 bits per heavy atom.